The zero-order chi connectivity index (χ0) is 22.6. The molecule has 0 rings (SSSR count). The zero-order valence-electron chi connectivity index (χ0n) is 16.0. The first-order valence-corrected chi connectivity index (χ1v) is 8.70. The average Bonchev–Trinajstić information content (AvgIpc) is 2.64. The van der Waals surface area contributed by atoms with Crippen LogP contribution in [0.25, 0.3) is 0 Å². The van der Waals surface area contributed by atoms with Crippen molar-refractivity contribution in [3.63, 3.8) is 0 Å². The molecule has 0 aliphatic heterocycles. The normalized spacial score (nSPS) is 14.6. The molecule has 0 radical (unpaired) electrons. The van der Waals surface area contributed by atoms with Crippen molar-refractivity contribution in [1.29, 1.82) is 0 Å². The number of rotatable bonds is 13. The van der Waals surface area contributed by atoms with E-state index in [4.69, 9.17) is 17.2 Å². The second-order valence-electron chi connectivity index (χ2n) is 6.08. The number of nitrogens with one attached hydrogen (secondary N) is 3. The van der Waals surface area contributed by atoms with Crippen molar-refractivity contribution in [2.45, 2.75) is 44.0 Å². The number of hydrogen-bond acceptors (Lipinski definition) is 8. The van der Waals surface area contributed by atoms with Crippen molar-refractivity contribution < 1.29 is 34.5 Å². The van der Waals surface area contributed by atoms with Gasteiger partial charge in [0.05, 0.1) is 19.3 Å². The largest absolute Gasteiger partial charge is 0.480 e. The van der Waals surface area contributed by atoms with Gasteiger partial charge in [-0.1, -0.05) is 0 Å². The predicted octanol–water partition coefficient (Wildman–Crippen LogP) is -5.09. The van der Waals surface area contributed by atoms with Crippen LogP contribution < -0.4 is 33.2 Å². The van der Waals surface area contributed by atoms with Gasteiger partial charge in [-0.05, 0) is 19.8 Å². The number of carboxylic acid groups (broad SMARTS) is 1. The van der Waals surface area contributed by atoms with Gasteiger partial charge in [-0.25, -0.2) is 4.79 Å². The van der Waals surface area contributed by atoms with Crippen molar-refractivity contribution in [2.24, 2.45) is 22.2 Å². The molecule has 14 nitrogen and oxygen atoms in total. The summed E-state index contributed by atoms with van der Waals surface area (Å²) < 4.78 is 0. The summed E-state index contributed by atoms with van der Waals surface area (Å²) in [6.07, 6.45) is -1.16. The SMILES string of the molecule is CC(O)C(NC(=O)C(CO)NC(=O)CN)C(=O)NC(CCCN=C(N)N)C(=O)O. The van der Waals surface area contributed by atoms with Gasteiger partial charge in [0.15, 0.2) is 5.96 Å². The Balaban J connectivity index is 5.04. The summed E-state index contributed by atoms with van der Waals surface area (Å²) in [5.74, 6) is -4.14. The van der Waals surface area contributed by atoms with Gasteiger partial charge < -0.3 is 48.5 Å². The molecule has 0 aromatic heterocycles. The van der Waals surface area contributed by atoms with Gasteiger partial charge in [0, 0.05) is 6.54 Å². The van der Waals surface area contributed by atoms with Gasteiger partial charge in [-0.2, -0.15) is 0 Å². The van der Waals surface area contributed by atoms with E-state index in [1.165, 1.54) is 6.92 Å². The van der Waals surface area contributed by atoms with Crippen LogP contribution in [-0.4, -0.2) is 88.9 Å². The minimum absolute atomic E-state index is 0.00977. The van der Waals surface area contributed by atoms with E-state index < -0.39 is 61.1 Å². The van der Waals surface area contributed by atoms with E-state index in [0.29, 0.717) is 0 Å². The third-order valence-electron chi connectivity index (χ3n) is 3.64. The van der Waals surface area contributed by atoms with Crippen LogP contribution in [0.5, 0.6) is 0 Å². The van der Waals surface area contributed by atoms with Crippen LogP contribution in [0.3, 0.4) is 0 Å². The second kappa shape index (κ2) is 13.2. The quantitative estimate of drug-likeness (QED) is 0.0779. The fourth-order valence-electron chi connectivity index (χ4n) is 2.13. The molecule has 0 fully saturated rings. The number of guanidine groups is 1. The first-order valence-electron chi connectivity index (χ1n) is 8.70. The smallest absolute Gasteiger partial charge is 0.326 e. The minimum Gasteiger partial charge on any atom is -0.480 e. The van der Waals surface area contributed by atoms with Crippen molar-refractivity contribution >= 4 is 29.7 Å². The van der Waals surface area contributed by atoms with Crippen LogP contribution in [0, 0.1) is 0 Å². The lowest BCUT2D eigenvalue weighted by Gasteiger charge is -2.25. The molecule has 0 spiro atoms. The lowest BCUT2D eigenvalue weighted by atomic mass is 10.1. The fourth-order valence-corrected chi connectivity index (χ4v) is 2.13. The lowest BCUT2D eigenvalue weighted by Crippen LogP contribution is -2.60. The Hall–Kier alpha value is -2.97. The van der Waals surface area contributed by atoms with E-state index in [9.17, 15) is 34.5 Å². The first kappa shape index (κ1) is 26.0. The number of carbonyl (C=O) groups is 4. The van der Waals surface area contributed by atoms with Crippen molar-refractivity contribution in [3.8, 4) is 0 Å². The maximum absolute atomic E-state index is 12.4. The van der Waals surface area contributed by atoms with E-state index in [0.717, 1.165) is 0 Å². The monoisotopic (exact) mass is 419 g/mol. The topological polar surface area (TPSA) is 255 Å². The molecule has 0 bridgehead atoms. The van der Waals surface area contributed by atoms with Crippen LogP contribution >= 0.6 is 0 Å². The number of hydrogen-bond donors (Lipinski definition) is 9. The molecule has 3 amide bonds. The van der Waals surface area contributed by atoms with Gasteiger partial charge in [-0.15, -0.1) is 0 Å². The Morgan fingerprint density at radius 3 is 2.10 bits per heavy atom. The highest BCUT2D eigenvalue weighted by Crippen LogP contribution is 2.02. The van der Waals surface area contributed by atoms with E-state index in [-0.39, 0.29) is 25.3 Å². The number of carbonyl (C=O) groups excluding carboxylic acids is 3. The van der Waals surface area contributed by atoms with Gasteiger partial charge >= 0.3 is 5.97 Å². The molecule has 4 unspecified atom stereocenters. The van der Waals surface area contributed by atoms with Crippen LogP contribution in [0.1, 0.15) is 19.8 Å². The Kier molecular flexibility index (Phi) is 11.9. The van der Waals surface area contributed by atoms with Crippen LogP contribution in [0.2, 0.25) is 0 Å². The van der Waals surface area contributed by atoms with Gasteiger partial charge in [0.1, 0.15) is 18.1 Å². The molecule has 0 aromatic rings. The van der Waals surface area contributed by atoms with Gasteiger partial charge in [0.2, 0.25) is 17.7 Å². The number of aliphatic hydroxyl groups is 2. The molecule has 29 heavy (non-hydrogen) atoms. The standard InChI is InChI=1S/C15H29N7O7/c1-7(24)11(22-12(26)9(6-23)20-10(25)5-16)13(27)21-8(14(28)29)3-2-4-19-15(17)18/h7-9,11,23-24H,2-6,16H2,1H3,(H,20,25)(H,21,27)(H,22,26)(H,28,29)(H4,17,18,19). The first-order chi connectivity index (χ1) is 13.5. The van der Waals surface area contributed by atoms with Crippen LogP contribution in [0.15, 0.2) is 4.99 Å². The lowest BCUT2D eigenvalue weighted by molar-refractivity contribution is -0.143. The molecule has 14 heteroatoms. The zero-order valence-corrected chi connectivity index (χ0v) is 16.0. The summed E-state index contributed by atoms with van der Waals surface area (Å²) in [5.41, 5.74) is 15.4. The Morgan fingerprint density at radius 1 is 1.03 bits per heavy atom. The van der Waals surface area contributed by atoms with E-state index in [1.807, 2.05) is 0 Å². The third-order valence-corrected chi connectivity index (χ3v) is 3.64. The molecule has 0 saturated heterocycles. The fraction of sp³-hybridized carbons (Fsp3) is 0.667. The second-order valence-corrected chi connectivity index (χ2v) is 6.08. The Bertz CT molecular complexity index is 608. The molecular formula is C15H29N7O7. The van der Waals surface area contributed by atoms with Crippen LogP contribution in [-0.2, 0) is 19.2 Å². The maximum Gasteiger partial charge on any atom is 0.326 e. The Labute approximate surface area is 166 Å². The highest BCUT2D eigenvalue weighted by Gasteiger charge is 2.31. The minimum atomic E-state index is -1.54. The van der Waals surface area contributed by atoms with E-state index >= 15 is 0 Å². The van der Waals surface area contributed by atoms with Gasteiger partial charge in [0.25, 0.3) is 0 Å². The summed E-state index contributed by atoms with van der Waals surface area (Å²) in [4.78, 5) is 50.9. The number of aliphatic imine (C=N–C) groups is 1. The Morgan fingerprint density at radius 2 is 1.66 bits per heavy atom. The molecule has 166 valence electrons. The number of nitrogens with zero attached hydrogens (tertiary/aromatic N) is 1. The maximum atomic E-state index is 12.4. The highest BCUT2D eigenvalue weighted by atomic mass is 16.4. The molecule has 0 aliphatic carbocycles. The summed E-state index contributed by atoms with van der Waals surface area (Å²) >= 11 is 0. The van der Waals surface area contributed by atoms with E-state index in [2.05, 4.69) is 20.9 Å². The molecular weight excluding hydrogens is 390 g/mol. The number of aliphatic hydroxyl groups excluding tert-OH is 2. The number of nitrogens with two attached hydrogens (primary N) is 3. The molecule has 4 atom stereocenters. The highest BCUT2D eigenvalue weighted by molar-refractivity contribution is 5.93. The summed E-state index contributed by atoms with van der Waals surface area (Å²) in [6, 6.07) is -4.26. The number of aliphatic carboxylic acids is 1. The molecule has 0 aliphatic rings. The van der Waals surface area contributed by atoms with Crippen molar-refractivity contribution in [1.82, 2.24) is 16.0 Å². The molecule has 0 aromatic carbocycles. The van der Waals surface area contributed by atoms with E-state index in [1.54, 1.807) is 0 Å². The number of carboxylic acids is 1. The average molecular weight is 419 g/mol. The van der Waals surface area contributed by atoms with Crippen molar-refractivity contribution in [2.75, 3.05) is 19.7 Å². The number of amides is 3. The van der Waals surface area contributed by atoms with Crippen molar-refractivity contribution in [3.05, 3.63) is 0 Å². The van der Waals surface area contributed by atoms with Crippen LogP contribution in [0.4, 0.5) is 0 Å². The van der Waals surface area contributed by atoms with Gasteiger partial charge in [-0.3, -0.25) is 19.4 Å². The molecule has 0 heterocycles. The summed E-state index contributed by atoms with van der Waals surface area (Å²) in [5, 5.41) is 34.8. The molecule has 0 saturated carbocycles. The summed E-state index contributed by atoms with van der Waals surface area (Å²) in [6.45, 7) is 0.140. The molecule has 12 N–H and O–H groups in total. The third kappa shape index (κ3) is 10.2. The predicted molar refractivity (Wildman–Crippen MR) is 101 cm³/mol. The summed E-state index contributed by atoms with van der Waals surface area (Å²) in [7, 11) is 0.